The number of nitrogens with zero attached hydrogens (tertiary/aromatic N) is 4. The highest BCUT2D eigenvalue weighted by Gasteiger charge is 2.17. The first-order chi connectivity index (χ1) is 27.3. The molecule has 258 valence electrons. The van der Waals surface area contributed by atoms with E-state index in [2.05, 4.69) is 150 Å². The molecule has 4 nitrogen and oxygen atoms in total. The molecule has 0 radical (unpaired) electrons. The second-order valence-corrected chi connectivity index (χ2v) is 13.7. The molecule has 0 fully saturated rings. The highest BCUT2D eigenvalue weighted by Crippen LogP contribution is 2.41. The molecule has 0 amide bonds. The summed E-state index contributed by atoms with van der Waals surface area (Å²) < 4.78 is 0. The number of hydrogen-bond donors (Lipinski definition) is 0. The van der Waals surface area contributed by atoms with Crippen molar-refractivity contribution in [3.63, 3.8) is 0 Å². The Bertz CT molecular complexity index is 2850. The molecule has 1 aromatic heterocycles. The quantitative estimate of drug-likeness (QED) is 0.155. The van der Waals surface area contributed by atoms with Gasteiger partial charge in [-0.15, -0.1) is 0 Å². The second-order valence-electron chi connectivity index (χ2n) is 13.7. The van der Waals surface area contributed by atoms with Crippen LogP contribution >= 0.6 is 0 Å². The lowest BCUT2D eigenvalue weighted by Crippen LogP contribution is -2.09. The van der Waals surface area contributed by atoms with Crippen molar-refractivity contribution >= 4 is 49.4 Å². The number of rotatable bonds is 7. The van der Waals surface area contributed by atoms with E-state index in [1.54, 1.807) is 0 Å². The smallest absolute Gasteiger partial charge is 0.164 e. The van der Waals surface area contributed by atoms with Gasteiger partial charge in [-0.2, -0.15) is 0 Å². The van der Waals surface area contributed by atoms with E-state index >= 15 is 0 Å². The first-order valence-corrected chi connectivity index (χ1v) is 18.5. The third kappa shape index (κ3) is 6.06. The van der Waals surface area contributed by atoms with Gasteiger partial charge in [0.05, 0.1) is 0 Å². The molecule has 0 aliphatic carbocycles. The van der Waals surface area contributed by atoms with E-state index in [1.807, 2.05) is 60.7 Å². The van der Waals surface area contributed by atoms with Gasteiger partial charge >= 0.3 is 0 Å². The van der Waals surface area contributed by atoms with E-state index in [-0.39, 0.29) is 0 Å². The van der Waals surface area contributed by atoms with Crippen LogP contribution in [0.15, 0.2) is 206 Å². The molecular weight excluding hydrogens is 669 g/mol. The van der Waals surface area contributed by atoms with Crippen LogP contribution in [0, 0.1) is 0 Å². The summed E-state index contributed by atoms with van der Waals surface area (Å²) in [6.07, 6.45) is 0. The lowest BCUT2D eigenvalue weighted by Gasteiger charge is -2.26. The first kappa shape index (κ1) is 32.2. The van der Waals surface area contributed by atoms with Gasteiger partial charge in [-0.05, 0) is 92.0 Å². The maximum atomic E-state index is 5.03. The Balaban J connectivity index is 1.11. The largest absolute Gasteiger partial charge is 0.310 e. The predicted molar refractivity (Wildman–Crippen MR) is 229 cm³/mol. The van der Waals surface area contributed by atoms with Crippen molar-refractivity contribution in [2.45, 2.75) is 0 Å². The van der Waals surface area contributed by atoms with Gasteiger partial charge in [0, 0.05) is 33.8 Å². The van der Waals surface area contributed by atoms with Crippen LogP contribution in [0.25, 0.3) is 77.6 Å². The van der Waals surface area contributed by atoms with E-state index in [0.717, 1.165) is 39.3 Å². The van der Waals surface area contributed by atoms with E-state index < -0.39 is 0 Å². The van der Waals surface area contributed by atoms with Gasteiger partial charge in [-0.25, -0.2) is 15.0 Å². The van der Waals surface area contributed by atoms with Crippen molar-refractivity contribution in [2.75, 3.05) is 4.90 Å². The van der Waals surface area contributed by atoms with Crippen LogP contribution in [0.1, 0.15) is 0 Å². The van der Waals surface area contributed by atoms with E-state index in [4.69, 9.17) is 15.0 Å². The van der Waals surface area contributed by atoms with Gasteiger partial charge in [-0.3, -0.25) is 0 Å². The highest BCUT2D eigenvalue weighted by atomic mass is 15.1. The zero-order chi connectivity index (χ0) is 36.6. The van der Waals surface area contributed by atoms with E-state index in [0.29, 0.717) is 17.5 Å². The van der Waals surface area contributed by atoms with Crippen LogP contribution in [0.2, 0.25) is 0 Å². The van der Waals surface area contributed by atoms with Crippen LogP contribution in [-0.2, 0) is 0 Å². The van der Waals surface area contributed by atoms with Gasteiger partial charge < -0.3 is 4.90 Å². The van der Waals surface area contributed by atoms with Crippen molar-refractivity contribution in [3.8, 4) is 45.3 Å². The standard InChI is InChI=1S/C51H34N4/c1-5-16-35(17-6-1)49-52-50(36-18-7-2-8-19-36)54-51(53-49)39-29-31-46-45-30-28-38(33-47(45)43-26-13-14-27-44(43)48(46)34-39)37-20-15-25-42(32-37)55(40-21-9-3-10-22-40)41-23-11-4-12-24-41/h1-34H. The molecule has 0 spiro atoms. The Morgan fingerprint density at radius 1 is 0.236 bits per heavy atom. The fraction of sp³-hybridized carbons (Fsp3) is 0. The molecule has 0 unspecified atom stereocenters. The van der Waals surface area contributed by atoms with Crippen LogP contribution in [0.5, 0.6) is 0 Å². The lowest BCUT2D eigenvalue weighted by molar-refractivity contribution is 1.07. The third-order valence-electron chi connectivity index (χ3n) is 10.3. The Morgan fingerprint density at radius 2 is 0.600 bits per heavy atom. The van der Waals surface area contributed by atoms with Crippen LogP contribution < -0.4 is 4.90 Å². The Labute approximate surface area is 319 Å². The topological polar surface area (TPSA) is 41.9 Å². The van der Waals surface area contributed by atoms with Crippen molar-refractivity contribution in [1.29, 1.82) is 0 Å². The first-order valence-electron chi connectivity index (χ1n) is 18.5. The van der Waals surface area contributed by atoms with Crippen molar-refractivity contribution in [3.05, 3.63) is 206 Å². The number of aromatic nitrogens is 3. The van der Waals surface area contributed by atoms with E-state index in [1.165, 1.54) is 37.9 Å². The predicted octanol–water partition coefficient (Wildman–Crippen LogP) is 13.5. The molecule has 4 heteroatoms. The minimum Gasteiger partial charge on any atom is -0.310 e. The van der Waals surface area contributed by atoms with Crippen molar-refractivity contribution in [2.24, 2.45) is 0 Å². The summed E-state index contributed by atoms with van der Waals surface area (Å²) in [5, 5.41) is 7.19. The Morgan fingerprint density at radius 3 is 1.13 bits per heavy atom. The molecule has 0 saturated heterocycles. The molecule has 10 rings (SSSR count). The van der Waals surface area contributed by atoms with Gasteiger partial charge in [0.1, 0.15) is 0 Å². The SMILES string of the molecule is c1ccc(-c2nc(-c3ccccc3)nc(-c3ccc4c5ccc(-c6cccc(N(c7ccccc7)c7ccccc7)c6)cc5c5ccccc5c4c3)n2)cc1. The lowest BCUT2D eigenvalue weighted by atomic mass is 9.91. The third-order valence-corrected chi connectivity index (χ3v) is 10.3. The molecule has 55 heavy (non-hydrogen) atoms. The molecule has 0 atom stereocenters. The van der Waals surface area contributed by atoms with Crippen LogP contribution in [-0.4, -0.2) is 15.0 Å². The average molecular weight is 703 g/mol. The highest BCUT2D eigenvalue weighted by molar-refractivity contribution is 6.26. The summed E-state index contributed by atoms with van der Waals surface area (Å²) >= 11 is 0. The monoisotopic (exact) mass is 702 g/mol. The fourth-order valence-corrected chi connectivity index (χ4v) is 7.64. The second kappa shape index (κ2) is 13.8. The zero-order valence-corrected chi connectivity index (χ0v) is 29.9. The number of hydrogen-bond acceptors (Lipinski definition) is 4. The molecule has 10 aromatic rings. The molecule has 0 aliphatic rings. The minimum absolute atomic E-state index is 0.647. The van der Waals surface area contributed by atoms with Gasteiger partial charge in [0.2, 0.25) is 0 Å². The molecule has 0 saturated carbocycles. The molecule has 1 heterocycles. The number of fused-ring (bicyclic) bond motifs is 6. The Hall–Kier alpha value is -7.43. The van der Waals surface area contributed by atoms with Crippen LogP contribution in [0.3, 0.4) is 0 Å². The summed E-state index contributed by atoms with van der Waals surface area (Å²) in [4.78, 5) is 17.3. The number of benzene rings is 9. The minimum atomic E-state index is 0.647. The normalized spacial score (nSPS) is 11.3. The Kier molecular flexibility index (Phi) is 8.12. The van der Waals surface area contributed by atoms with Crippen molar-refractivity contribution in [1.82, 2.24) is 15.0 Å². The number of anilines is 3. The maximum Gasteiger partial charge on any atom is 0.164 e. The average Bonchev–Trinajstić information content (AvgIpc) is 3.27. The molecule has 0 N–H and O–H groups in total. The van der Waals surface area contributed by atoms with Crippen molar-refractivity contribution < 1.29 is 0 Å². The summed E-state index contributed by atoms with van der Waals surface area (Å²) in [6.45, 7) is 0. The van der Waals surface area contributed by atoms with Gasteiger partial charge in [0.15, 0.2) is 17.5 Å². The fourth-order valence-electron chi connectivity index (χ4n) is 7.64. The molecular formula is C51H34N4. The van der Waals surface area contributed by atoms with Gasteiger partial charge in [0.25, 0.3) is 0 Å². The summed E-state index contributed by atoms with van der Waals surface area (Å²) in [7, 11) is 0. The molecule has 0 aliphatic heterocycles. The zero-order valence-electron chi connectivity index (χ0n) is 29.9. The van der Waals surface area contributed by atoms with Gasteiger partial charge in [-0.1, -0.05) is 158 Å². The number of para-hydroxylation sites is 2. The summed E-state index contributed by atoms with van der Waals surface area (Å²) in [6, 6.07) is 72.4. The molecule has 0 bridgehead atoms. The van der Waals surface area contributed by atoms with E-state index in [9.17, 15) is 0 Å². The van der Waals surface area contributed by atoms with Crippen LogP contribution in [0.4, 0.5) is 17.1 Å². The maximum absolute atomic E-state index is 5.03. The summed E-state index contributed by atoms with van der Waals surface area (Å²) in [5.74, 6) is 1.95. The molecule has 9 aromatic carbocycles. The summed E-state index contributed by atoms with van der Waals surface area (Å²) in [5.41, 5.74) is 8.53.